The normalized spacial score (nSPS) is 11.7. The molecule has 0 aliphatic rings. The minimum Gasteiger partial charge on any atom is -0.493 e. The van der Waals surface area contributed by atoms with E-state index >= 15 is 0 Å². The lowest BCUT2D eigenvalue weighted by Crippen LogP contribution is -2.11. The maximum Gasteiger partial charge on any atom is 0.383 e. The molecule has 5 nitrogen and oxygen atoms in total. The van der Waals surface area contributed by atoms with Gasteiger partial charge in [-0.05, 0) is 64.7 Å². The quantitative estimate of drug-likeness (QED) is 0.217. The van der Waals surface area contributed by atoms with E-state index in [-0.39, 0.29) is 12.4 Å². The van der Waals surface area contributed by atoms with Gasteiger partial charge in [-0.1, -0.05) is 42.4 Å². The van der Waals surface area contributed by atoms with E-state index in [1.807, 2.05) is 18.2 Å². The maximum atomic E-state index is 12.7. The summed E-state index contributed by atoms with van der Waals surface area (Å²) in [5.41, 5.74) is 2.29. The highest BCUT2D eigenvalue weighted by Crippen LogP contribution is 2.36. The minimum atomic E-state index is -0.577. The molecule has 168 valence electrons. The first-order valence-electron chi connectivity index (χ1n) is 10.8. The highest BCUT2D eigenvalue weighted by molar-refractivity contribution is 5.89. The summed E-state index contributed by atoms with van der Waals surface area (Å²) in [5.74, 6) is 0.964. The number of benzene rings is 1. The van der Waals surface area contributed by atoms with Crippen LogP contribution in [-0.4, -0.2) is 20.3 Å². The van der Waals surface area contributed by atoms with Crippen LogP contribution in [0.1, 0.15) is 53.4 Å². The van der Waals surface area contributed by atoms with Crippen molar-refractivity contribution >= 4 is 11.0 Å². The Labute approximate surface area is 185 Å². The molecule has 0 N–H and O–H groups in total. The monoisotopic (exact) mass is 426 g/mol. The third kappa shape index (κ3) is 7.35. The number of hydrogen-bond donors (Lipinski definition) is 0. The van der Waals surface area contributed by atoms with Crippen molar-refractivity contribution in [3.63, 3.8) is 0 Å². The van der Waals surface area contributed by atoms with Crippen LogP contribution in [0.15, 0.2) is 62.9 Å². The summed E-state index contributed by atoms with van der Waals surface area (Å²) in [4.78, 5) is 12.7. The average Bonchev–Trinajstić information content (AvgIpc) is 2.74. The van der Waals surface area contributed by atoms with Gasteiger partial charge < -0.3 is 18.6 Å². The second-order valence-electron chi connectivity index (χ2n) is 7.58. The Morgan fingerprint density at radius 2 is 1.84 bits per heavy atom. The first kappa shape index (κ1) is 24.3. The zero-order chi connectivity index (χ0) is 22.6. The fraction of sp³-hybridized carbons (Fsp3) is 0.423. The van der Waals surface area contributed by atoms with E-state index in [4.69, 9.17) is 18.6 Å². The number of para-hydroxylation sites is 1. The number of fused-ring (bicyclic) bond motifs is 1. The largest absolute Gasteiger partial charge is 0.493 e. The van der Waals surface area contributed by atoms with Crippen LogP contribution in [0.2, 0.25) is 0 Å². The highest BCUT2D eigenvalue weighted by Gasteiger charge is 2.19. The molecule has 2 rings (SSSR count). The summed E-state index contributed by atoms with van der Waals surface area (Å²) >= 11 is 0. The summed E-state index contributed by atoms with van der Waals surface area (Å²) in [6, 6.07) is 5.42. The first-order valence-corrected chi connectivity index (χ1v) is 10.8. The van der Waals surface area contributed by atoms with Crippen LogP contribution in [0.25, 0.3) is 11.0 Å². The molecular weight excluding hydrogens is 392 g/mol. The van der Waals surface area contributed by atoms with Crippen LogP contribution in [0, 0.1) is 0 Å². The maximum absolute atomic E-state index is 12.7. The molecule has 0 spiro atoms. The van der Waals surface area contributed by atoms with Gasteiger partial charge in [-0.25, -0.2) is 4.79 Å². The molecule has 0 saturated heterocycles. The van der Waals surface area contributed by atoms with Crippen LogP contribution in [-0.2, 0) is 0 Å². The molecule has 0 amide bonds. The molecule has 0 bridgehead atoms. The lowest BCUT2D eigenvalue weighted by Gasteiger charge is -2.14. The molecule has 5 heteroatoms. The zero-order valence-corrected chi connectivity index (χ0v) is 19.3. The van der Waals surface area contributed by atoms with E-state index in [1.165, 1.54) is 18.3 Å². The third-order valence-corrected chi connectivity index (χ3v) is 4.71. The molecule has 1 heterocycles. The Kier molecular flexibility index (Phi) is 9.95. The van der Waals surface area contributed by atoms with Crippen LogP contribution in [0.3, 0.4) is 0 Å². The van der Waals surface area contributed by atoms with Crippen molar-refractivity contribution in [3.05, 3.63) is 64.1 Å². The van der Waals surface area contributed by atoms with E-state index < -0.39 is 5.63 Å². The van der Waals surface area contributed by atoms with E-state index in [1.54, 1.807) is 6.07 Å². The molecule has 0 fully saturated rings. The molecule has 0 aliphatic heterocycles. The van der Waals surface area contributed by atoms with Crippen molar-refractivity contribution in [2.45, 2.75) is 53.4 Å². The third-order valence-electron chi connectivity index (χ3n) is 4.71. The van der Waals surface area contributed by atoms with Crippen molar-refractivity contribution in [1.29, 1.82) is 0 Å². The summed E-state index contributed by atoms with van der Waals surface area (Å²) in [5, 5.41) is 0.651. The fourth-order valence-electron chi connectivity index (χ4n) is 3.05. The number of rotatable bonds is 12. The van der Waals surface area contributed by atoms with Gasteiger partial charge in [0, 0.05) is 0 Å². The molecule has 0 atom stereocenters. The Morgan fingerprint density at radius 3 is 2.55 bits per heavy atom. The lowest BCUT2D eigenvalue weighted by molar-refractivity contribution is 0.279. The summed E-state index contributed by atoms with van der Waals surface area (Å²) < 4.78 is 22.7. The van der Waals surface area contributed by atoms with Crippen molar-refractivity contribution < 1.29 is 18.6 Å². The molecular formula is C26H34O5. The van der Waals surface area contributed by atoms with Gasteiger partial charge in [0.25, 0.3) is 0 Å². The molecule has 1 aromatic heterocycles. The molecule has 0 unspecified atom stereocenters. The Balaban J connectivity index is 2.27. The summed E-state index contributed by atoms with van der Waals surface area (Å²) in [7, 11) is 1.54. The van der Waals surface area contributed by atoms with Crippen molar-refractivity contribution in [2.75, 3.05) is 20.3 Å². The Hall–Kier alpha value is -2.95. The predicted octanol–water partition coefficient (Wildman–Crippen LogP) is 6.61. The highest BCUT2D eigenvalue weighted by atomic mass is 16.5. The smallest absolute Gasteiger partial charge is 0.383 e. The van der Waals surface area contributed by atoms with Gasteiger partial charge in [-0.3, -0.25) is 0 Å². The topological polar surface area (TPSA) is 57.9 Å². The Bertz CT molecular complexity index is 991. The SMILES string of the molecule is CCC=CCCOc1c(OC/C=C(\C)CCC=C(C)C)c(=O)oc2c(OC)cccc12. The van der Waals surface area contributed by atoms with E-state index in [9.17, 15) is 4.79 Å². The van der Waals surface area contributed by atoms with Crippen LogP contribution >= 0.6 is 0 Å². The van der Waals surface area contributed by atoms with Gasteiger partial charge in [0.05, 0.1) is 19.1 Å². The van der Waals surface area contributed by atoms with E-state index in [0.717, 1.165) is 25.7 Å². The Morgan fingerprint density at radius 1 is 1.03 bits per heavy atom. The molecule has 1 aromatic carbocycles. The fourth-order valence-corrected chi connectivity index (χ4v) is 3.05. The summed E-state index contributed by atoms with van der Waals surface area (Å²) in [6.07, 6.45) is 12.0. The minimum absolute atomic E-state index is 0.0913. The van der Waals surface area contributed by atoms with Crippen molar-refractivity contribution in [3.8, 4) is 17.2 Å². The standard InChI is InChI=1S/C26H34O5/c1-6-7-8-9-17-29-24-21-14-11-15-22(28-5)23(21)31-26(27)25(24)30-18-16-20(4)13-10-12-19(2)3/h7-8,11-12,14-16H,6,9-10,13,17-18H2,1-5H3/b8-7?,20-16+. The van der Waals surface area contributed by atoms with Gasteiger partial charge in [0.1, 0.15) is 6.61 Å². The van der Waals surface area contributed by atoms with Crippen molar-refractivity contribution in [1.82, 2.24) is 0 Å². The van der Waals surface area contributed by atoms with Crippen molar-refractivity contribution in [2.24, 2.45) is 0 Å². The van der Waals surface area contributed by atoms with Gasteiger partial charge in [-0.2, -0.15) is 0 Å². The van der Waals surface area contributed by atoms with Gasteiger partial charge in [0.2, 0.25) is 5.75 Å². The second kappa shape index (κ2) is 12.7. The number of allylic oxidation sites excluding steroid dienone is 4. The molecule has 2 aromatic rings. The molecule has 0 radical (unpaired) electrons. The van der Waals surface area contributed by atoms with Gasteiger partial charge in [0.15, 0.2) is 17.1 Å². The molecule has 31 heavy (non-hydrogen) atoms. The second-order valence-corrected chi connectivity index (χ2v) is 7.58. The van der Waals surface area contributed by atoms with Gasteiger partial charge in [-0.15, -0.1) is 0 Å². The number of hydrogen-bond acceptors (Lipinski definition) is 5. The number of ether oxygens (including phenoxy) is 3. The number of methoxy groups -OCH3 is 1. The van der Waals surface area contributed by atoms with Crippen LogP contribution in [0.4, 0.5) is 0 Å². The van der Waals surface area contributed by atoms with E-state index in [0.29, 0.717) is 29.1 Å². The van der Waals surface area contributed by atoms with E-state index in [2.05, 4.69) is 45.9 Å². The molecule has 0 aliphatic carbocycles. The summed E-state index contributed by atoms with van der Waals surface area (Å²) in [6.45, 7) is 9.03. The predicted molar refractivity (Wildman–Crippen MR) is 126 cm³/mol. The lowest BCUT2D eigenvalue weighted by atomic mass is 10.1. The van der Waals surface area contributed by atoms with Crippen LogP contribution < -0.4 is 19.8 Å². The van der Waals surface area contributed by atoms with Crippen LogP contribution in [0.5, 0.6) is 17.2 Å². The van der Waals surface area contributed by atoms with Gasteiger partial charge >= 0.3 is 5.63 Å². The molecule has 0 saturated carbocycles. The average molecular weight is 427 g/mol. The first-order chi connectivity index (χ1) is 15.0. The zero-order valence-electron chi connectivity index (χ0n) is 19.3.